The Morgan fingerprint density at radius 1 is 1.17 bits per heavy atom. The molecule has 1 amide bonds. The van der Waals surface area contributed by atoms with Gasteiger partial charge in [-0.25, -0.2) is 9.97 Å². The zero-order chi connectivity index (χ0) is 16.7. The van der Waals surface area contributed by atoms with Crippen LogP contribution in [0.15, 0.2) is 36.7 Å². The van der Waals surface area contributed by atoms with Crippen LogP contribution in [0, 0.1) is 0 Å². The average Bonchev–Trinajstić information content (AvgIpc) is 2.55. The first-order valence-electron chi connectivity index (χ1n) is 7.69. The number of likely N-dealkylation sites (N-methyl/N-ethyl adjacent to an activating group) is 1. The normalized spacial score (nSPS) is 10.6. The Labute approximate surface area is 137 Å². The Kier molecular flexibility index (Phi) is 6.05. The SMILES string of the molecule is CCc1ccc(Nc2cc(C(=O)NCCN(C)C)ncn2)cc1. The molecule has 0 saturated carbocycles. The number of amides is 1. The molecule has 6 nitrogen and oxygen atoms in total. The highest BCUT2D eigenvalue weighted by Crippen LogP contribution is 2.15. The van der Waals surface area contributed by atoms with Gasteiger partial charge in [0.05, 0.1) is 0 Å². The zero-order valence-electron chi connectivity index (χ0n) is 13.8. The van der Waals surface area contributed by atoms with Gasteiger partial charge in [0.1, 0.15) is 17.8 Å². The van der Waals surface area contributed by atoms with Crippen LogP contribution < -0.4 is 10.6 Å². The first kappa shape index (κ1) is 16.9. The fourth-order valence-corrected chi connectivity index (χ4v) is 2.01. The van der Waals surface area contributed by atoms with Crippen LogP contribution in [0.5, 0.6) is 0 Å². The number of nitrogens with one attached hydrogen (secondary N) is 2. The molecule has 1 heterocycles. The van der Waals surface area contributed by atoms with Crippen LogP contribution in [0.4, 0.5) is 11.5 Å². The van der Waals surface area contributed by atoms with Gasteiger partial charge in [0.25, 0.3) is 5.91 Å². The molecule has 0 radical (unpaired) electrons. The quantitative estimate of drug-likeness (QED) is 0.819. The van der Waals surface area contributed by atoms with Crippen molar-refractivity contribution in [1.82, 2.24) is 20.2 Å². The molecule has 1 aromatic heterocycles. The molecular formula is C17H23N5O. The topological polar surface area (TPSA) is 70.2 Å². The highest BCUT2D eigenvalue weighted by Gasteiger charge is 2.08. The monoisotopic (exact) mass is 313 g/mol. The van der Waals surface area contributed by atoms with Crippen LogP contribution in [0.2, 0.25) is 0 Å². The third-order valence-corrected chi connectivity index (χ3v) is 3.38. The lowest BCUT2D eigenvalue weighted by Gasteiger charge is -2.11. The third kappa shape index (κ3) is 5.34. The number of hydrogen-bond donors (Lipinski definition) is 2. The van der Waals surface area contributed by atoms with Gasteiger partial charge >= 0.3 is 0 Å². The van der Waals surface area contributed by atoms with Gasteiger partial charge in [-0.1, -0.05) is 19.1 Å². The van der Waals surface area contributed by atoms with Crippen LogP contribution in [0.25, 0.3) is 0 Å². The molecule has 0 atom stereocenters. The smallest absolute Gasteiger partial charge is 0.270 e. The van der Waals surface area contributed by atoms with Gasteiger partial charge in [-0.05, 0) is 38.2 Å². The van der Waals surface area contributed by atoms with Crippen molar-refractivity contribution in [2.75, 3.05) is 32.5 Å². The van der Waals surface area contributed by atoms with Crippen molar-refractivity contribution in [2.45, 2.75) is 13.3 Å². The second-order valence-electron chi connectivity index (χ2n) is 5.52. The zero-order valence-corrected chi connectivity index (χ0v) is 13.8. The fourth-order valence-electron chi connectivity index (χ4n) is 2.01. The summed E-state index contributed by atoms with van der Waals surface area (Å²) in [6.07, 6.45) is 2.40. The van der Waals surface area contributed by atoms with Crippen molar-refractivity contribution in [2.24, 2.45) is 0 Å². The molecule has 6 heteroatoms. The van der Waals surface area contributed by atoms with Crippen LogP contribution in [-0.4, -0.2) is 48.0 Å². The van der Waals surface area contributed by atoms with E-state index in [1.54, 1.807) is 6.07 Å². The molecular weight excluding hydrogens is 290 g/mol. The molecule has 2 N–H and O–H groups in total. The molecule has 0 aliphatic heterocycles. The summed E-state index contributed by atoms with van der Waals surface area (Å²) in [5.41, 5.74) is 2.56. The van der Waals surface area contributed by atoms with Crippen molar-refractivity contribution in [3.63, 3.8) is 0 Å². The van der Waals surface area contributed by atoms with E-state index >= 15 is 0 Å². The van der Waals surface area contributed by atoms with Crippen LogP contribution >= 0.6 is 0 Å². The Morgan fingerprint density at radius 2 is 1.91 bits per heavy atom. The molecule has 0 aliphatic carbocycles. The standard InChI is InChI=1S/C17H23N5O/c1-4-13-5-7-14(8-6-13)21-16-11-15(19-12-20-16)17(23)18-9-10-22(2)3/h5-8,11-12H,4,9-10H2,1-3H3,(H,18,23)(H,19,20,21). The highest BCUT2D eigenvalue weighted by atomic mass is 16.1. The third-order valence-electron chi connectivity index (χ3n) is 3.38. The minimum atomic E-state index is -0.196. The number of benzene rings is 1. The van der Waals surface area contributed by atoms with E-state index in [9.17, 15) is 4.79 Å². The predicted molar refractivity (Wildman–Crippen MR) is 92.0 cm³/mol. The number of aromatic nitrogens is 2. The molecule has 1 aromatic carbocycles. The minimum absolute atomic E-state index is 0.196. The van der Waals surface area contributed by atoms with Crippen molar-refractivity contribution < 1.29 is 4.79 Å². The first-order valence-corrected chi connectivity index (χ1v) is 7.69. The number of rotatable bonds is 7. The summed E-state index contributed by atoms with van der Waals surface area (Å²) in [6.45, 7) is 3.48. The van der Waals surface area contributed by atoms with Crippen molar-refractivity contribution >= 4 is 17.4 Å². The first-order chi connectivity index (χ1) is 11.1. The lowest BCUT2D eigenvalue weighted by atomic mass is 10.1. The number of anilines is 2. The molecule has 2 rings (SSSR count). The molecule has 122 valence electrons. The van der Waals surface area contributed by atoms with E-state index in [4.69, 9.17) is 0 Å². The summed E-state index contributed by atoms with van der Waals surface area (Å²) in [5.74, 6) is 0.403. The summed E-state index contributed by atoms with van der Waals surface area (Å²) in [7, 11) is 3.92. The molecule has 0 spiro atoms. The van der Waals surface area contributed by atoms with E-state index in [1.807, 2.05) is 31.1 Å². The maximum atomic E-state index is 12.1. The molecule has 0 aliphatic rings. The Bertz CT molecular complexity index is 640. The van der Waals surface area contributed by atoms with E-state index in [-0.39, 0.29) is 5.91 Å². The van der Waals surface area contributed by atoms with Crippen molar-refractivity contribution in [3.8, 4) is 0 Å². The summed E-state index contributed by atoms with van der Waals surface area (Å²) in [4.78, 5) is 22.3. The van der Waals surface area contributed by atoms with E-state index in [0.717, 1.165) is 18.7 Å². The van der Waals surface area contributed by atoms with Crippen LogP contribution in [0.1, 0.15) is 23.0 Å². The molecule has 2 aromatic rings. The maximum absolute atomic E-state index is 12.1. The summed E-state index contributed by atoms with van der Waals surface area (Å²) in [5, 5.41) is 6.02. The molecule has 23 heavy (non-hydrogen) atoms. The molecule has 0 bridgehead atoms. The van der Waals surface area contributed by atoms with Gasteiger partial charge < -0.3 is 15.5 Å². The molecule has 0 unspecified atom stereocenters. The maximum Gasteiger partial charge on any atom is 0.270 e. The molecule has 0 saturated heterocycles. The Balaban J connectivity index is 1.99. The summed E-state index contributed by atoms with van der Waals surface area (Å²) in [6, 6.07) is 9.78. The lowest BCUT2D eigenvalue weighted by Crippen LogP contribution is -2.31. The second-order valence-corrected chi connectivity index (χ2v) is 5.52. The number of carbonyl (C=O) groups excluding carboxylic acids is 1. The number of hydrogen-bond acceptors (Lipinski definition) is 5. The number of nitrogens with zero attached hydrogens (tertiary/aromatic N) is 3. The predicted octanol–water partition coefficient (Wildman–Crippen LogP) is 2.07. The van der Waals surface area contributed by atoms with Gasteiger partial charge in [-0.2, -0.15) is 0 Å². The van der Waals surface area contributed by atoms with E-state index in [0.29, 0.717) is 18.1 Å². The fraction of sp³-hybridized carbons (Fsp3) is 0.353. The van der Waals surface area contributed by atoms with E-state index in [2.05, 4.69) is 39.7 Å². The molecule has 0 fully saturated rings. The van der Waals surface area contributed by atoms with Gasteiger partial charge in [0.15, 0.2) is 0 Å². The second kappa shape index (κ2) is 8.24. The van der Waals surface area contributed by atoms with Gasteiger partial charge in [0, 0.05) is 24.8 Å². The van der Waals surface area contributed by atoms with E-state index in [1.165, 1.54) is 11.9 Å². The Hall–Kier alpha value is -2.47. The lowest BCUT2D eigenvalue weighted by molar-refractivity contribution is 0.0946. The van der Waals surface area contributed by atoms with Crippen LogP contribution in [-0.2, 0) is 6.42 Å². The van der Waals surface area contributed by atoms with Gasteiger partial charge in [-0.15, -0.1) is 0 Å². The Morgan fingerprint density at radius 3 is 2.57 bits per heavy atom. The van der Waals surface area contributed by atoms with Gasteiger partial charge in [0.2, 0.25) is 0 Å². The largest absolute Gasteiger partial charge is 0.349 e. The number of aryl methyl sites for hydroxylation is 1. The van der Waals surface area contributed by atoms with Gasteiger partial charge in [-0.3, -0.25) is 4.79 Å². The van der Waals surface area contributed by atoms with Crippen LogP contribution in [0.3, 0.4) is 0 Å². The number of carbonyl (C=O) groups is 1. The average molecular weight is 313 g/mol. The van der Waals surface area contributed by atoms with Crippen molar-refractivity contribution in [3.05, 3.63) is 47.9 Å². The van der Waals surface area contributed by atoms with E-state index < -0.39 is 0 Å². The minimum Gasteiger partial charge on any atom is -0.349 e. The summed E-state index contributed by atoms with van der Waals surface area (Å²) < 4.78 is 0. The highest BCUT2D eigenvalue weighted by molar-refractivity contribution is 5.92. The van der Waals surface area contributed by atoms with Crippen molar-refractivity contribution in [1.29, 1.82) is 0 Å². The summed E-state index contributed by atoms with van der Waals surface area (Å²) >= 11 is 0.